The summed E-state index contributed by atoms with van der Waals surface area (Å²) in [6, 6.07) is 11.4. The van der Waals surface area contributed by atoms with Crippen LogP contribution in [0.5, 0.6) is 0 Å². The van der Waals surface area contributed by atoms with Crippen LogP contribution in [0, 0.1) is 0 Å². The largest absolute Gasteiger partial charge is 0.398 e. The van der Waals surface area contributed by atoms with E-state index in [1.807, 2.05) is 19.2 Å². The Hall–Kier alpha value is -1.59. The van der Waals surface area contributed by atoms with Gasteiger partial charge in [-0.3, -0.25) is 4.79 Å². The van der Waals surface area contributed by atoms with Gasteiger partial charge in [-0.05, 0) is 30.8 Å². The Labute approximate surface area is 127 Å². The number of halogens is 1. The highest BCUT2D eigenvalue weighted by Gasteiger charge is 2.03. The number of nitrogens with two attached hydrogens (primary N) is 1. The minimum Gasteiger partial charge on any atom is -0.398 e. The Bertz CT molecular complexity index is 639. The lowest BCUT2D eigenvalue weighted by molar-refractivity contribution is 0.310. The molecule has 0 spiro atoms. The molecule has 0 saturated heterocycles. The summed E-state index contributed by atoms with van der Waals surface area (Å²) in [5.41, 5.74) is 7.53. The van der Waals surface area contributed by atoms with Crippen molar-refractivity contribution in [3.05, 3.63) is 63.0 Å². The van der Waals surface area contributed by atoms with Crippen LogP contribution >= 0.6 is 15.9 Å². The minimum atomic E-state index is -0.0185. The van der Waals surface area contributed by atoms with Crippen LogP contribution < -0.4 is 11.3 Å². The number of likely N-dealkylation sites (N-methyl/N-ethyl adjacent to an activating group) is 1. The molecule has 0 unspecified atom stereocenters. The molecule has 1 aromatic heterocycles. The van der Waals surface area contributed by atoms with Crippen LogP contribution in [0.15, 0.2) is 51.9 Å². The smallest absolute Gasteiger partial charge is 0.250 e. The van der Waals surface area contributed by atoms with Gasteiger partial charge >= 0.3 is 0 Å². The average molecular weight is 336 g/mol. The third kappa shape index (κ3) is 4.21. The molecule has 1 heterocycles. The minimum absolute atomic E-state index is 0.0185. The third-order valence-electron chi connectivity index (χ3n) is 3.07. The first-order chi connectivity index (χ1) is 9.54. The van der Waals surface area contributed by atoms with Crippen LogP contribution in [0.2, 0.25) is 0 Å². The maximum atomic E-state index is 11.7. The van der Waals surface area contributed by atoms with Crippen molar-refractivity contribution >= 4 is 21.6 Å². The number of pyridine rings is 1. The third-order valence-corrected chi connectivity index (χ3v) is 3.56. The number of nitrogens with zero attached hydrogens (tertiary/aromatic N) is 2. The van der Waals surface area contributed by atoms with E-state index in [0.717, 1.165) is 17.6 Å². The predicted molar refractivity (Wildman–Crippen MR) is 85.6 cm³/mol. The van der Waals surface area contributed by atoms with Crippen molar-refractivity contribution in [1.29, 1.82) is 0 Å². The summed E-state index contributed by atoms with van der Waals surface area (Å²) < 4.78 is 2.72. The molecule has 0 amide bonds. The van der Waals surface area contributed by atoms with E-state index >= 15 is 0 Å². The molecule has 0 fully saturated rings. The summed E-state index contributed by atoms with van der Waals surface area (Å²) in [4.78, 5) is 13.8. The number of anilines is 1. The first-order valence-corrected chi connectivity index (χ1v) is 7.23. The molecule has 5 heteroatoms. The monoisotopic (exact) mass is 335 g/mol. The van der Waals surface area contributed by atoms with Gasteiger partial charge in [0.05, 0.1) is 0 Å². The molecule has 0 radical (unpaired) electrons. The van der Waals surface area contributed by atoms with Crippen LogP contribution in [-0.2, 0) is 13.1 Å². The van der Waals surface area contributed by atoms with Crippen molar-refractivity contribution in [2.24, 2.45) is 0 Å². The van der Waals surface area contributed by atoms with Gasteiger partial charge < -0.3 is 15.2 Å². The van der Waals surface area contributed by atoms with E-state index in [0.29, 0.717) is 12.2 Å². The number of benzene rings is 1. The summed E-state index contributed by atoms with van der Waals surface area (Å²) in [6.45, 7) is 2.26. The molecule has 0 aliphatic heterocycles. The normalized spacial score (nSPS) is 10.9. The van der Waals surface area contributed by atoms with Gasteiger partial charge in [0.1, 0.15) is 0 Å². The van der Waals surface area contributed by atoms with E-state index in [2.05, 4.69) is 33.0 Å². The Balaban J connectivity index is 1.93. The quantitative estimate of drug-likeness (QED) is 0.912. The van der Waals surface area contributed by atoms with Crippen LogP contribution in [0.4, 0.5) is 5.69 Å². The van der Waals surface area contributed by atoms with Gasteiger partial charge in [-0.1, -0.05) is 28.1 Å². The standard InChI is InChI=1S/C15H18BrN3O/c1-18(10-12-3-2-4-13(16)9-12)7-8-19-11-14(17)5-6-15(19)20/h2-6,9,11H,7-8,10,17H2,1H3. The Morgan fingerprint density at radius 3 is 2.85 bits per heavy atom. The van der Waals surface area contributed by atoms with Crippen molar-refractivity contribution in [3.63, 3.8) is 0 Å². The van der Waals surface area contributed by atoms with Crippen molar-refractivity contribution in [2.75, 3.05) is 19.3 Å². The van der Waals surface area contributed by atoms with E-state index < -0.39 is 0 Å². The van der Waals surface area contributed by atoms with E-state index in [1.165, 1.54) is 11.6 Å². The van der Waals surface area contributed by atoms with Gasteiger partial charge in [0.25, 0.3) is 5.56 Å². The highest BCUT2D eigenvalue weighted by molar-refractivity contribution is 9.10. The zero-order chi connectivity index (χ0) is 14.5. The molecule has 106 valence electrons. The zero-order valence-corrected chi connectivity index (χ0v) is 13.0. The van der Waals surface area contributed by atoms with Gasteiger partial charge in [0.2, 0.25) is 0 Å². The van der Waals surface area contributed by atoms with Gasteiger partial charge in [-0.25, -0.2) is 0 Å². The number of rotatable bonds is 5. The van der Waals surface area contributed by atoms with Gasteiger partial charge in [0, 0.05) is 42.1 Å². The summed E-state index contributed by atoms with van der Waals surface area (Å²) in [5.74, 6) is 0. The zero-order valence-electron chi connectivity index (χ0n) is 11.4. The van der Waals surface area contributed by atoms with E-state index in [4.69, 9.17) is 5.73 Å². The summed E-state index contributed by atoms with van der Waals surface area (Å²) in [6.07, 6.45) is 1.69. The molecule has 0 saturated carbocycles. The molecule has 4 nitrogen and oxygen atoms in total. The number of nitrogen functional groups attached to an aromatic ring is 1. The molecule has 0 aliphatic carbocycles. The van der Waals surface area contributed by atoms with Crippen LogP contribution in [0.1, 0.15) is 5.56 Å². The molecule has 20 heavy (non-hydrogen) atoms. The lowest BCUT2D eigenvalue weighted by Crippen LogP contribution is -2.27. The molecule has 0 bridgehead atoms. The first kappa shape index (κ1) is 14.8. The highest BCUT2D eigenvalue weighted by Crippen LogP contribution is 2.12. The van der Waals surface area contributed by atoms with Crippen molar-refractivity contribution < 1.29 is 0 Å². The van der Waals surface area contributed by atoms with E-state index in [9.17, 15) is 4.79 Å². The van der Waals surface area contributed by atoms with Gasteiger partial charge in [-0.15, -0.1) is 0 Å². The average Bonchev–Trinajstić information content (AvgIpc) is 2.40. The fourth-order valence-corrected chi connectivity index (χ4v) is 2.48. The number of aromatic nitrogens is 1. The Morgan fingerprint density at radius 1 is 1.30 bits per heavy atom. The van der Waals surface area contributed by atoms with Crippen molar-refractivity contribution in [2.45, 2.75) is 13.1 Å². The molecule has 0 aliphatic rings. The summed E-state index contributed by atoms with van der Waals surface area (Å²) in [5, 5.41) is 0. The highest BCUT2D eigenvalue weighted by atomic mass is 79.9. The van der Waals surface area contributed by atoms with Crippen molar-refractivity contribution in [1.82, 2.24) is 9.47 Å². The lowest BCUT2D eigenvalue weighted by atomic mass is 10.2. The molecule has 2 N–H and O–H groups in total. The van der Waals surface area contributed by atoms with Gasteiger partial charge in [0.15, 0.2) is 0 Å². The summed E-state index contributed by atoms with van der Waals surface area (Å²) in [7, 11) is 2.04. The predicted octanol–water partition coefficient (Wildman–Crippen LogP) is 2.32. The van der Waals surface area contributed by atoms with E-state index in [1.54, 1.807) is 16.8 Å². The topological polar surface area (TPSA) is 51.3 Å². The fourth-order valence-electron chi connectivity index (χ4n) is 2.03. The van der Waals surface area contributed by atoms with E-state index in [-0.39, 0.29) is 5.56 Å². The molecule has 2 aromatic rings. The first-order valence-electron chi connectivity index (χ1n) is 6.43. The molecule has 1 aromatic carbocycles. The second-order valence-electron chi connectivity index (χ2n) is 4.86. The molecular weight excluding hydrogens is 318 g/mol. The molecular formula is C15H18BrN3O. The second kappa shape index (κ2) is 6.72. The fraction of sp³-hybridized carbons (Fsp3) is 0.267. The van der Waals surface area contributed by atoms with Crippen molar-refractivity contribution in [3.8, 4) is 0 Å². The Morgan fingerprint density at radius 2 is 2.10 bits per heavy atom. The summed E-state index contributed by atoms with van der Waals surface area (Å²) >= 11 is 3.47. The number of hydrogen-bond acceptors (Lipinski definition) is 3. The Kier molecular flexibility index (Phi) is 4.98. The molecule has 0 atom stereocenters. The molecule has 2 rings (SSSR count). The lowest BCUT2D eigenvalue weighted by Gasteiger charge is -2.17. The van der Waals surface area contributed by atoms with Gasteiger partial charge in [-0.2, -0.15) is 0 Å². The second-order valence-corrected chi connectivity index (χ2v) is 5.78. The van der Waals surface area contributed by atoms with Crippen LogP contribution in [0.25, 0.3) is 0 Å². The number of hydrogen-bond donors (Lipinski definition) is 1. The maximum absolute atomic E-state index is 11.7. The van der Waals surface area contributed by atoms with Crippen LogP contribution in [0.3, 0.4) is 0 Å². The van der Waals surface area contributed by atoms with Crippen LogP contribution in [-0.4, -0.2) is 23.1 Å². The maximum Gasteiger partial charge on any atom is 0.250 e. The SMILES string of the molecule is CN(CCn1cc(N)ccc1=O)Cc1cccc(Br)c1.